The zero-order chi connectivity index (χ0) is 14.1. The quantitative estimate of drug-likeness (QED) is 0.788. The van der Waals surface area contributed by atoms with Crippen LogP contribution in [-0.2, 0) is 13.5 Å². The van der Waals surface area contributed by atoms with Gasteiger partial charge in [0.1, 0.15) is 5.69 Å². The molecule has 2 N–H and O–H groups in total. The maximum absolute atomic E-state index is 5.92. The average Bonchev–Trinajstić information content (AvgIpc) is 3.02. The highest BCUT2D eigenvalue weighted by Crippen LogP contribution is 2.36. The maximum Gasteiger partial charge on any atom is 0.230 e. The molecule has 0 aliphatic carbocycles. The standard InChI is InChI=1S/C14H15N5O/c1-3-11-10(8-19(2)17-11)13-12(14(15)20-18-13)9-5-4-6-16-7-9/h4-8H,3,15H2,1-2H3. The number of hydrogen-bond acceptors (Lipinski definition) is 5. The van der Waals surface area contributed by atoms with Crippen molar-refractivity contribution in [3.63, 3.8) is 0 Å². The lowest BCUT2D eigenvalue weighted by atomic mass is 10.0. The first-order valence-electron chi connectivity index (χ1n) is 6.39. The smallest absolute Gasteiger partial charge is 0.230 e. The Morgan fingerprint density at radius 1 is 1.40 bits per heavy atom. The summed E-state index contributed by atoms with van der Waals surface area (Å²) in [6, 6.07) is 3.79. The second-order valence-corrected chi connectivity index (χ2v) is 4.53. The minimum atomic E-state index is 0.291. The summed E-state index contributed by atoms with van der Waals surface area (Å²) < 4.78 is 6.95. The highest BCUT2D eigenvalue weighted by atomic mass is 16.5. The van der Waals surface area contributed by atoms with Crippen LogP contribution in [0, 0.1) is 0 Å². The molecule has 0 fully saturated rings. The van der Waals surface area contributed by atoms with Gasteiger partial charge in [0.2, 0.25) is 5.88 Å². The van der Waals surface area contributed by atoms with E-state index >= 15 is 0 Å². The van der Waals surface area contributed by atoms with Crippen molar-refractivity contribution >= 4 is 5.88 Å². The van der Waals surface area contributed by atoms with E-state index in [2.05, 4.69) is 22.2 Å². The highest BCUT2D eigenvalue weighted by molar-refractivity contribution is 5.87. The van der Waals surface area contributed by atoms with Crippen molar-refractivity contribution in [2.24, 2.45) is 7.05 Å². The molecule has 6 nitrogen and oxygen atoms in total. The van der Waals surface area contributed by atoms with Crippen LogP contribution < -0.4 is 5.73 Å². The van der Waals surface area contributed by atoms with Crippen molar-refractivity contribution in [1.82, 2.24) is 19.9 Å². The first-order valence-corrected chi connectivity index (χ1v) is 6.39. The molecule has 3 aromatic heterocycles. The molecule has 102 valence electrons. The molecule has 0 atom stereocenters. The molecule has 0 amide bonds. The van der Waals surface area contributed by atoms with Crippen molar-refractivity contribution in [3.05, 3.63) is 36.4 Å². The van der Waals surface area contributed by atoms with E-state index in [9.17, 15) is 0 Å². The fourth-order valence-electron chi connectivity index (χ4n) is 2.27. The Morgan fingerprint density at radius 2 is 2.25 bits per heavy atom. The Bertz CT molecular complexity index is 729. The molecule has 0 radical (unpaired) electrons. The molecule has 6 heteroatoms. The third-order valence-corrected chi connectivity index (χ3v) is 3.16. The monoisotopic (exact) mass is 269 g/mol. The summed E-state index contributed by atoms with van der Waals surface area (Å²) in [5.41, 5.74) is 10.2. The molecule has 0 bridgehead atoms. The van der Waals surface area contributed by atoms with Crippen molar-refractivity contribution in [3.8, 4) is 22.4 Å². The van der Waals surface area contributed by atoms with Crippen LogP contribution >= 0.6 is 0 Å². The van der Waals surface area contributed by atoms with Crippen LogP contribution in [0.25, 0.3) is 22.4 Å². The van der Waals surface area contributed by atoms with E-state index in [1.165, 1.54) is 0 Å². The molecule has 0 aliphatic rings. The van der Waals surface area contributed by atoms with Gasteiger partial charge >= 0.3 is 0 Å². The normalized spacial score (nSPS) is 10.9. The van der Waals surface area contributed by atoms with E-state index in [1.54, 1.807) is 17.1 Å². The highest BCUT2D eigenvalue weighted by Gasteiger charge is 2.21. The lowest BCUT2D eigenvalue weighted by Gasteiger charge is -2.01. The Balaban J connectivity index is 2.21. The molecule has 0 aromatic carbocycles. The van der Waals surface area contributed by atoms with Gasteiger partial charge in [-0.3, -0.25) is 9.67 Å². The van der Waals surface area contributed by atoms with E-state index in [4.69, 9.17) is 10.3 Å². The first-order chi connectivity index (χ1) is 9.70. The number of hydrogen-bond donors (Lipinski definition) is 1. The Hall–Kier alpha value is -2.63. The third-order valence-electron chi connectivity index (χ3n) is 3.16. The number of aromatic nitrogens is 4. The molecule has 3 heterocycles. The molecular weight excluding hydrogens is 254 g/mol. The number of nitrogens with two attached hydrogens (primary N) is 1. The van der Waals surface area contributed by atoms with E-state index in [1.807, 2.05) is 25.4 Å². The summed E-state index contributed by atoms with van der Waals surface area (Å²) >= 11 is 0. The van der Waals surface area contributed by atoms with E-state index in [0.29, 0.717) is 11.6 Å². The number of anilines is 1. The lowest BCUT2D eigenvalue weighted by Crippen LogP contribution is -1.90. The van der Waals surface area contributed by atoms with Gasteiger partial charge in [-0.25, -0.2) is 0 Å². The van der Waals surface area contributed by atoms with Gasteiger partial charge in [-0.05, 0) is 12.5 Å². The first kappa shape index (κ1) is 12.4. The van der Waals surface area contributed by atoms with Crippen molar-refractivity contribution < 1.29 is 4.52 Å². The van der Waals surface area contributed by atoms with Crippen molar-refractivity contribution in [1.29, 1.82) is 0 Å². The van der Waals surface area contributed by atoms with E-state index in [-0.39, 0.29) is 0 Å². The van der Waals surface area contributed by atoms with Gasteiger partial charge in [-0.15, -0.1) is 0 Å². The van der Waals surface area contributed by atoms with Gasteiger partial charge in [0.25, 0.3) is 0 Å². The summed E-state index contributed by atoms with van der Waals surface area (Å²) in [4.78, 5) is 4.12. The molecule has 0 saturated heterocycles. The number of nitrogens with zero attached hydrogens (tertiary/aromatic N) is 4. The van der Waals surface area contributed by atoms with Gasteiger partial charge in [-0.2, -0.15) is 5.10 Å². The molecule has 0 spiro atoms. The molecule has 0 saturated carbocycles. The van der Waals surface area contributed by atoms with Crippen LogP contribution in [-0.4, -0.2) is 19.9 Å². The SMILES string of the molecule is CCc1nn(C)cc1-c1noc(N)c1-c1cccnc1. The molecule has 20 heavy (non-hydrogen) atoms. The largest absolute Gasteiger partial charge is 0.367 e. The number of rotatable bonds is 3. The fraction of sp³-hybridized carbons (Fsp3) is 0.214. The molecule has 0 aliphatic heterocycles. The summed E-state index contributed by atoms with van der Waals surface area (Å²) in [7, 11) is 1.88. The molecule has 3 aromatic rings. The van der Waals surface area contributed by atoms with Crippen LogP contribution in [0.5, 0.6) is 0 Å². The Morgan fingerprint density at radius 3 is 2.95 bits per heavy atom. The molecular formula is C14H15N5O. The zero-order valence-corrected chi connectivity index (χ0v) is 11.4. The summed E-state index contributed by atoms with van der Waals surface area (Å²) in [5.74, 6) is 0.291. The van der Waals surface area contributed by atoms with Crippen LogP contribution in [0.2, 0.25) is 0 Å². The second-order valence-electron chi connectivity index (χ2n) is 4.53. The summed E-state index contributed by atoms with van der Waals surface area (Å²) in [6.07, 6.45) is 6.20. The van der Waals surface area contributed by atoms with Crippen LogP contribution in [0.1, 0.15) is 12.6 Å². The van der Waals surface area contributed by atoms with Gasteiger partial charge in [-0.1, -0.05) is 18.1 Å². The van der Waals surface area contributed by atoms with Gasteiger partial charge in [0, 0.05) is 36.8 Å². The predicted octanol–water partition coefficient (Wildman–Crippen LogP) is 2.28. The van der Waals surface area contributed by atoms with E-state index in [0.717, 1.165) is 28.8 Å². The second kappa shape index (κ2) is 4.80. The zero-order valence-electron chi connectivity index (χ0n) is 11.4. The van der Waals surface area contributed by atoms with Gasteiger partial charge < -0.3 is 10.3 Å². The molecule has 3 rings (SSSR count). The summed E-state index contributed by atoms with van der Waals surface area (Å²) in [6.45, 7) is 2.05. The maximum atomic E-state index is 5.92. The minimum absolute atomic E-state index is 0.291. The Kier molecular flexibility index (Phi) is 2.98. The van der Waals surface area contributed by atoms with Crippen LogP contribution in [0.3, 0.4) is 0 Å². The number of aryl methyl sites for hydroxylation is 2. The number of pyridine rings is 1. The summed E-state index contributed by atoms with van der Waals surface area (Å²) in [5, 5.41) is 8.53. The van der Waals surface area contributed by atoms with Crippen LogP contribution in [0.4, 0.5) is 5.88 Å². The fourth-order valence-corrected chi connectivity index (χ4v) is 2.27. The predicted molar refractivity (Wildman–Crippen MR) is 75.7 cm³/mol. The Labute approximate surface area is 116 Å². The average molecular weight is 269 g/mol. The van der Waals surface area contributed by atoms with Crippen molar-refractivity contribution in [2.75, 3.05) is 5.73 Å². The topological polar surface area (TPSA) is 82.8 Å². The minimum Gasteiger partial charge on any atom is -0.367 e. The molecule has 0 unspecified atom stereocenters. The number of nitrogen functional groups attached to an aromatic ring is 1. The van der Waals surface area contributed by atoms with Gasteiger partial charge in [0.15, 0.2) is 0 Å². The van der Waals surface area contributed by atoms with E-state index < -0.39 is 0 Å². The van der Waals surface area contributed by atoms with Gasteiger partial charge in [0.05, 0.1) is 11.3 Å². The third kappa shape index (κ3) is 1.95. The lowest BCUT2D eigenvalue weighted by molar-refractivity contribution is 0.439. The van der Waals surface area contributed by atoms with Crippen LogP contribution in [0.15, 0.2) is 35.2 Å². The van der Waals surface area contributed by atoms with Crippen molar-refractivity contribution in [2.45, 2.75) is 13.3 Å².